The summed E-state index contributed by atoms with van der Waals surface area (Å²) >= 11 is 0. The van der Waals surface area contributed by atoms with Crippen LogP contribution in [0.5, 0.6) is 0 Å². The van der Waals surface area contributed by atoms with E-state index in [0.717, 1.165) is 23.3 Å². The summed E-state index contributed by atoms with van der Waals surface area (Å²) < 4.78 is 0. The van der Waals surface area contributed by atoms with E-state index < -0.39 is 0 Å². The van der Waals surface area contributed by atoms with E-state index in [1.165, 1.54) is 12.8 Å². The van der Waals surface area contributed by atoms with Gasteiger partial charge in [-0.05, 0) is 30.6 Å². The van der Waals surface area contributed by atoms with E-state index in [1.54, 1.807) is 11.6 Å². The molecule has 1 aliphatic carbocycles. The Kier molecular flexibility index (Phi) is 90.2. The summed E-state index contributed by atoms with van der Waals surface area (Å²) in [6.07, 6.45) is 10.9. The van der Waals surface area contributed by atoms with Gasteiger partial charge in [0.25, 0.3) is 0 Å². The van der Waals surface area contributed by atoms with Gasteiger partial charge in [-0.1, -0.05) is 114 Å². The molecule has 0 aromatic heterocycles. The van der Waals surface area contributed by atoms with Crippen molar-refractivity contribution in [3.63, 3.8) is 0 Å². The van der Waals surface area contributed by atoms with Gasteiger partial charge in [-0.3, -0.25) is 0 Å². The molecule has 0 aromatic rings. The van der Waals surface area contributed by atoms with Crippen LogP contribution in [0.3, 0.4) is 0 Å². The molecule has 2 heteroatoms. The third-order valence-electron chi connectivity index (χ3n) is 4.81. The molecular weight excluding hydrogens is 610 g/mol. The molecule has 1 aliphatic rings. The normalized spacial score (nSPS) is 12.7. The number of hydrogen-bond donors (Lipinski definition) is 0. The van der Waals surface area contributed by atoms with E-state index in [2.05, 4.69) is 89.2 Å². The molecule has 0 amide bonds. The minimum atomic E-state index is 0. The summed E-state index contributed by atoms with van der Waals surface area (Å²) in [4.78, 5) is 0. The summed E-state index contributed by atoms with van der Waals surface area (Å²) in [5, 5.41) is 0. The molecule has 38 heavy (non-hydrogen) atoms. The van der Waals surface area contributed by atoms with Gasteiger partial charge in [0.05, 0.1) is 0 Å². The Morgan fingerprint density at radius 3 is 1.16 bits per heavy atom. The molecule has 0 aromatic carbocycles. The molecule has 0 bridgehead atoms. The Balaban J connectivity index is -0.0000000396. The van der Waals surface area contributed by atoms with Crippen molar-refractivity contribution in [3.05, 3.63) is 63.8 Å². The number of rotatable bonds is 4. The number of allylic oxidation sites excluding steroid dienone is 4. The maximum Gasteiger partial charge on any atom is 3.00 e. The number of hydrogen-bond acceptors (Lipinski definition) is 0. The van der Waals surface area contributed by atoms with Crippen molar-refractivity contribution in [1.29, 1.82) is 0 Å². The standard InChI is InChI=1S/C11H20.C7H12.C6H12.2C3H7.3C2H6.2Y/c1-8(2)10-5-6-11(7-10)9(3)4;1-5-7(4)6(2)3;1-5(2)6(3)4;2*1-3-2;3*1-2;;/h5,8-9,11H,6-7H2,1-4H3;5-6H,1,4H2,2-3H3;5-6H,1-2H2,3-4H3;2*3H,1-2H3;3*1-2H3;;/q;2*-2;2*-1;;;;2*+3. The average molecular weight is 687 g/mol. The molecule has 0 N–H and O–H groups in total. The van der Waals surface area contributed by atoms with E-state index in [-0.39, 0.29) is 65.4 Å². The van der Waals surface area contributed by atoms with Crippen LogP contribution in [0.2, 0.25) is 0 Å². The van der Waals surface area contributed by atoms with Crippen LogP contribution in [0.15, 0.2) is 23.3 Å². The largest absolute Gasteiger partial charge is 3.00 e. The van der Waals surface area contributed by atoms with Crippen molar-refractivity contribution in [2.75, 3.05) is 0 Å². The summed E-state index contributed by atoms with van der Waals surface area (Å²) in [5.41, 5.74) is 2.80. The first-order valence-corrected chi connectivity index (χ1v) is 14.9. The molecule has 1 unspecified atom stereocenters. The first-order valence-electron chi connectivity index (χ1n) is 14.9. The second kappa shape index (κ2) is 54.5. The average Bonchev–Trinajstić information content (AvgIpc) is 3.35. The molecule has 0 saturated heterocycles. The summed E-state index contributed by atoms with van der Waals surface area (Å²) in [5.74, 6) is 4.11. The monoisotopic (exact) mass is 686 g/mol. The van der Waals surface area contributed by atoms with Crippen molar-refractivity contribution in [2.24, 2.45) is 35.5 Å². The maximum atomic E-state index is 3.75. The third kappa shape index (κ3) is 61.5. The Hall–Kier alpha value is 1.43. The van der Waals surface area contributed by atoms with Crippen molar-refractivity contribution in [3.8, 4) is 0 Å². The second-order valence-corrected chi connectivity index (χ2v) is 9.47. The second-order valence-electron chi connectivity index (χ2n) is 9.47. The van der Waals surface area contributed by atoms with Crippen molar-refractivity contribution < 1.29 is 65.4 Å². The Morgan fingerprint density at radius 2 is 1.08 bits per heavy atom. The van der Waals surface area contributed by atoms with Crippen molar-refractivity contribution >= 4 is 0 Å². The Morgan fingerprint density at radius 1 is 0.789 bits per heavy atom. The van der Waals surface area contributed by atoms with E-state index >= 15 is 0 Å². The smallest absolute Gasteiger partial charge is 0.378 e. The topological polar surface area (TPSA) is 0 Å². The van der Waals surface area contributed by atoms with Gasteiger partial charge in [0.2, 0.25) is 0 Å². The van der Waals surface area contributed by atoms with Crippen LogP contribution >= 0.6 is 0 Å². The molecule has 0 radical (unpaired) electrons. The Labute approximate surface area is 299 Å². The Bertz CT molecular complexity index is 380. The van der Waals surface area contributed by atoms with Gasteiger partial charge in [0.15, 0.2) is 0 Å². The SMILES string of the molecule is CC.CC.CC.CC(C)C1=CCC(C(C)C)C1.C[CH-]C.C[CH-]C.[CH2-]C([CH2-])C(C)C.[CH2-]C=C([CH2-])C(C)C.[Y+3].[Y+3]. The predicted octanol–water partition coefficient (Wildman–Crippen LogP) is 13.3. The van der Waals surface area contributed by atoms with Crippen LogP contribution in [0.25, 0.3) is 0 Å². The zero-order valence-electron chi connectivity index (χ0n) is 30.2. The molecule has 226 valence electrons. The molecule has 1 atom stereocenters. The van der Waals surface area contributed by atoms with Crippen LogP contribution < -0.4 is 0 Å². The quantitative estimate of drug-likeness (QED) is 0.204. The molecule has 0 aliphatic heterocycles. The van der Waals surface area contributed by atoms with Gasteiger partial charge < -0.3 is 58.1 Å². The fourth-order valence-corrected chi connectivity index (χ4v) is 1.99. The van der Waals surface area contributed by atoms with E-state index in [9.17, 15) is 0 Å². The predicted molar refractivity (Wildman–Crippen MR) is 178 cm³/mol. The van der Waals surface area contributed by atoms with Crippen LogP contribution in [0.4, 0.5) is 0 Å². The molecule has 0 spiro atoms. The summed E-state index contributed by atoms with van der Waals surface area (Å²) in [6, 6.07) is 0. The van der Waals surface area contributed by atoms with Crippen LogP contribution in [0.1, 0.15) is 137 Å². The van der Waals surface area contributed by atoms with Gasteiger partial charge >= 0.3 is 65.4 Å². The fraction of sp³-hybridized carbons (Fsp3) is 0.722. The van der Waals surface area contributed by atoms with Crippen LogP contribution in [-0.4, -0.2) is 0 Å². The molecule has 0 nitrogen and oxygen atoms in total. The van der Waals surface area contributed by atoms with Crippen molar-refractivity contribution in [2.45, 2.75) is 137 Å². The molecule has 0 heterocycles. The minimum Gasteiger partial charge on any atom is -0.378 e. The molecule has 1 rings (SSSR count). The molecular formula is C36H76Y2. The van der Waals surface area contributed by atoms with Gasteiger partial charge in [0, 0.05) is 0 Å². The minimum absolute atomic E-state index is 0. The third-order valence-corrected chi connectivity index (χ3v) is 4.81. The van der Waals surface area contributed by atoms with Crippen LogP contribution in [-0.2, 0) is 65.4 Å². The summed E-state index contributed by atoms with van der Waals surface area (Å²) in [6.45, 7) is 52.5. The van der Waals surface area contributed by atoms with E-state index in [4.69, 9.17) is 0 Å². The van der Waals surface area contributed by atoms with Gasteiger partial charge in [0.1, 0.15) is 0 Å². The van der Waals surface area contributed by atoms with Crippen LogP contribution in [0, 0.1) is 76.0 Å². The zero-order valence-corrected chi connectivity index (χ0v) is 35.8. The first kappa shape index (κ1) is 62.9. The summed E-state index contributed by atoms with van der Waals surface area (Å²) in [7, 11) is 0. The van der Waals surface area contributed by atoms with E-state index in [1.807, 2.05) is 82.1 Å². The molecule has 0 fully saturated rings. The maximum absolute atomic E-state index is 3.75. The van der Waals surface area contributed by atoms with Gasteiger partial charge in [-0.2, -0.15) is 27.7 Å². The van der Waals surface area contributed by atoms with Crippen molar-refractivity contribution in [1.82, 2.24) is 0 Å². The molecule has 0 saturated carbocycles. The van der Waals surface area contributed by atoms with Gasteiger partial charge in [-0.25, -0.2) is 0 Å². The fourth-order valence-electron chi connectivity index (χ4n) is 1.99. The first-order chi connectivity index (χ1) is 16.8. The van der Waals surface area contributed by atoms with Gasteiger partial charge in [-0.15, -0.1) is 5.92 Å². The van der Waals surface area contributed by atoms with E-state index in [0.29, 0.717) is 17.8 Å². The zero-order chi connectivity index (χ0) is 30.9.